The lowest BCUT2D eigenvalue weighted by atomic mass is 9.78. The molecule has 0 amide bonds. The molecular formula is C24H32N4O4S. The van der Waals surface area contributed by atoms with E-state index in [1.807, 2.05) is 13.1 Å². The fraction of sp³-hybridized carbons (Fsp3) is 0.542. The monoisotopic (exact) mass is 472 g/mol. The quantitative estimate of drug-likeness (QED) is 0.692. The van der Waals surface area contributed by atoms with Crippen molar-refractivity contribution in [3.8, 4) is 11.5 Å². The van der Waals surface area contributed by atoms with Gasteiger partial charge in [0.2, 0.25) is 10.0 Å². The van der Waals surface area contributed by atoms with Crippen molar-refractivity contribution in [3.05, 3.63) is 42.1 Å². The molecule has 0 bridgehead atoms. The summed E-state index contributed by atoms with van der Waals surface area (Å²) >= 11 is 0. The van der Waals surface area contributed by atoms with Crippen LogP contribution in [0.4, 0.5) is 5.82 Å². The van der Waals surface area contributed by atoms with Gasteiger partial charge >= 0.3 is 0 Å². The van der Waals surface area contributed by atoms with Gasteiger partial charge in [0, 0.05) is 44.3 Å². The maximum Gasteiger partial charge on any atom is 0.244 e. The third kappa shape index (κ3) is 4.54. The molecule has 1 saturated carbocycles. The van der Waals surface area contributed by atoms with Crippen LogP contribution in [0.25, 0.3) is 0 Å². The number of piperazine rings is 1. The minimum atomic E-state index is -3.51. The molecule has 2 aliphatic heterocycles. The lowest BCUT2D eigenvalue weighted by Gasteiger charge is -2.32. The molecule has 0 unspecified atom stereocenters. The van der Waals surface area contributed by atoms with Crippen molar-refractivity contribution in [2.45, 2.75) is 36.0 Å². The first-order chi connectivity index (χ1) is 16.0. The van der Waals surface area contributed by atoms with Gasteiger partial charge in [-0.1, -0.05) is 18.9 Å². The van der Waals surface area contributed by atoms with Crippen LogP contribution in [-0.4, -0.2) is 75.6 Å². The molecule has 1 aromatic heterocycles. The predicted molar refractivity (Wildman–Crippen MR) is 127 cm³/mol. The van der Waals surface area contributed by atoms with Gasteiger partial charge in [0.25, 0.3) is 0 Å². The van der Waals surface area contributed by atoms with Crippen molar-refractivity contribution in [1.82, 2.24) is 14.2 Å². The molecule has 1 aliphatic carbocycles. The molecule has 0 atom stereocenters. The van der Waals surface area contributed by atoms with Gasteiger partial charge in [-0.25, -0.2) is 13.4 Å². The van der Waals surface area contributed by atoms with Gasteiger partial charge in [-0.05, 0) is 49.7 Å². The number of ether oxygens (including phenoxy) is 2. The Balaban J connectivity index is 1.29. The number of sulfonamides is 1. The van der Waals surface area contributed by atoms with E-state index in [4.69, 9.17) is 9.47 Å². The third-order valence-corrected chi connectivity index (χ3v) is 9.04. The minimum absolute atomic E-state index is 0.00208. The lowest BCUT2D eigenvalue weighted by molar-refractivity contribution is 0.171. The van der Waals surface area contributed by atoms with Crippen LogP contribution in [0.5, 0.6) is 11.5 Å². The molecule has 178 valence electrons. The van der Waals surface area contributed by atoms with E-state index >= 15 is 0 Å². The summed E-state index contributed by atoms with van der Waals surface area (Å²) in [5, 5.41) is 3.47. The number of hydrogen-bond donors (Lipinski definition) is 1. The highest BCUT2D eigenvalue weighted by Gasteiger charge is 2.36. The average Bonchev–Trinajstić information content (AvgIpc) is 3.33. The number of rotatable bonds is 6. The van der Waals surface area contributed by atoms with E-state index in [9.17, 15) is 8.42 Å². The maximum absolute atomic E-state index is 13.0. The summed E-state index contributed by atoms with van der Waals surface area (Å²) in [7, 11) is -1.50. The molecule has 3 heterocycles. The second-order valence-electron chi connectivity index (χ2n) is 9.29. The lowest BCUT2D eigenvalue weighted by Crippen LogP contribution is -2.47. The Morgan fingerprint density at radius 3 is 2.42 bits per heavy atom. The van der Waals surface area contributed by atoms with E-state index in [1.165, 1.54) is 24.6 Å². The molecule has 33 heavy (non-hydrogen) atoms. The zero-order valence-electron chi connectivity index (χ0n) is 19.1. The van der Waals surface area contributed by atoms with Gasteiger partial charge in [0.1, 0.15) is 23.9 Å². The Morgan fingerprint density at radius 2 is 1.73 bits per heavy atom. The van der Waals surface area contributed by atoms with Crippen molar-refractivity contribution in [1.29, 1.82) is 0 Å². The van der Waals surface area contributed by atoms with Gasteiger partial charge in [-0.15, -0.1) is 0 Å². The maximum atomic E-state index is 13.0. The van der Waals surface area contributed by atoms with Crippen molar-refractivity contribution >= 4 is 15.8 Å². The Morgan fingerprint density at radius 1 is 1.00 bits per heavy atom. The first kappa shape index (κ1) is 22.4. The molecule has 3 aliphatic rings. The molecule has 0 spiro atoms. The molecule has 9 heteroatoms. The number of likely N-dealkylation sites (N-methyl/N-ethyl adjacent to an activating group) is 1. The number of pyridine rings is 1. The highest BCUT2D eigenvalue weighted by molar-refractivity contribution is 7.89. The molecule has 0 radical (unpaired) electrons. The average molecular weight is 473 g/mol. The smallest absolute Gasteiger partial charge is 0.244 e. The predicted octanol–water partition coefficient (Wildman–Crippen LogP) is 2.71. The van der Waals surface area contributed by atoms with Crippen LogP contribution in [-0.2, 0) is 15.4 Å². The molecule has 5 rings (SSSR count). The first-order valence-electron chi connectivity index (χ1n) is 11.8. The zero-order valence-corrected chi connectivity index (χ0v) is 19.9. The van der Waals surface area contributed by atoms with E-state index in [1.54, 1.807) is 16.4 Å². The molecule has 2 fully saturated rings. The van der Waals surface area contributed by atoms with Crippen LogP contribution in [0.3, 0.4) is 0 Å². The molecule has 1 aromatic carbocycles. The van der Waals surface area contributed by atoms with Crippen LogP contribution >= 0.6 is 0 Å². The standard InChI is InChI=1S/C24H32N4O4S/c1-27-10-12-28(13-11-27)33(29,30)20-5-7-23(25-17-20)26-18-24(8-2-3-9-24)19-4-6-21-22(16-19)32-15-14-31-21/h4-7,16-17H,2-3,8-15,18H2,1H3,(H,25,26). The van der Waals surface area contributed by atoms with Crippen molar-refractivity contribution in [3.63, 3.8) is 0 Å². The second-order valence-corrected chi connectivity index (χ2v) is 11.2. The van der Waals surface area contributed by atoms with Crippen molar-refractivity contribution in [2.75, 3.05) is 58.3 Å². The number of nitrogens with zero attached hydrogens (tertiary/aromatic N) is 3. The highest BCUT2D eigenvalue weighted by atomic mass is 32.2. The van der Waals surface area contributed by atoms with Crippen LogP contribution in [0, 0.1) is 0 Å². The van der Waals surface area contributed by atoms with E-state index < -0.39 is 10.0 Å². The summed E-state index contributed by atoms with van der Waals surface area (Å²) in [6.45, 7) is 4.42. The summed E-state index contributed by atoms with van der Waals surface area (Å²) in [6.07, 6.45) is 6.03. The second kappa shape index (κ2) is 9.12. The van der Waals surface area contributed by atoms with Crippen LogP contribution in [0.2, 0.25) is 0 Å². The van der Waals surface area contributed by atoms with Gasteiger partial charge < -0.3 is 19.7 Å². The fourth-order valence-corrected chi connectivity index (χ4v) is 6.44. The van der Waals surface area contributed by atoms with E-state index in [-0.39, 0.29) is 10.3 Å². The topological polar surface area (TPSA) is 84.0 Å². The van der Waals surface area contributed by atoms with E-state index in [0.717, 1.165) is 44.0 Å². The Kier molecular flexibility index (Phi) is 6.20. The Hall–Kier alpha value is -2.36. The Labute approximate surface area is 195 Å². The normalized spacial score (nSPS) is 21.1. The first-order valence-corrected chi connectivity index (χ1v) is 13.2. The molecule has 1 N–H and O–H groups in total. The number of benzene rings is 1. The third-order valence-electron chi connectivity index (χ3n) is 7.16. The number of aromatic nitrogens is 1. The van der Waals surface area contributed by atoms with E-state index in [0.29, 0.717) is 32.1 Å². The summed E-state index contributed by atoms with van der Waals surface area (Å²) in [5.74, 6) is 2.32. The molecular weight excluding hydrogens is 440 g/mol. The summed E-state index contributed by atoms with van der Waals surface area (Å²) in [5.41, 5.74) is 1.26. The van der Waals surface area contributed by atoms with Gasteiger partial charge in [0.15, 0.2) is 11.5 Å². The number of fused-ring (bicyclic) bond motifs is 1. The van der Waals surface area contributed by atoms with Crippen LogP contribution in [0.15, 0.2) is 41.4 Å². The number of nitrogens with one attached hydrogen (secondary N) is 1. The van der Waals surface area contributed by atoms with Gasteiger partial charge in [-0.2, -0.15) is 4.31 Å². The fourth-order valence-electron chi connectivity index (χ4n) is 5.07. The van der Waals surface area contributed by atoms with Crippen LogP contribution in [0.1, 0.15) is 31.2 Å². The van der Waals surface area contributed by atoms with Gasteiger partial charge in [0.05, 0.1) is 0 Å². The number of hydrogen-bond acceptors (Lipinski definition) is 7. The van der Waals surface area contributed by atoms with Gasteiger partial charge in [-0.3, -0.25) is 0 Å². The number of anilines is 1. The molecule has 1 saturated heterocycles. The molecule has 2 aromatic rings. The minimum Gasteiger partial charge on any atom is -0.486 e. The highest BCUT2D eigenvalue weighted by Crippen LogP contribution is 2.44. The largest absolute Gasteiger partial charge is 0.486 e. The van der Waals surface area contributed by atoms with Crippen LogP contribution < -0.4 is 14.8 Å². The van der Waals surface area contributed by atoms with E-state index in [2.05, 4.69) is 27.3 Å². The zero-order chi connectivity index (χ0) is 22.9. The summed E-state index contributed by atoms with van der Waals surface area (Å²) < 4.78 is 38.9. The Bertz CT molecular complexity index is 1080. The van der Waals surface area contributed by atoms with Crippen molar-refractivity contribution in [2.24, 2.45) is 0 Å². The molecule has 8 nitrogen and oxygen atoms in total. The summed E-state index contributed by atoms with van der Waals surface area (Å²) in [6, 6.07) is 9.73. The van der Waals surface area contributed by atoms with Crippen molar-refractivity contribution < 1.29 is 17.9 Å². The summed E-state index contributed by atoms with van der Waals surface area (Å²) in [4.78, 5) is 6.83. The SMILES string of the molecule is CN1CCN(S(=O)(=O)c2ccc(NCC3(c4ccc5c(c4)OCCO5)CCCC3)nc2)CC1.